The van der Waals surface area contributed by atoms with Crippen LogP contribution in [0.4, 0.5) is 4.39 Å². The van der Waals surface area contributed by atoms with E-state index in [-0.39, 0.29) is 40.9 Å². The topological polar surface area (TPSA) is 228 Å². The Morgan fingerprint density at radius 2 is 1.68 bits per heavy atom. The van der Waals surface area contributed by atoms with E-state index >= 15 is 0 Å². The van der Waals surface area contributed by atoms with Crippen LogP contribution in [0.1, 0.15) is 132 Å². The highest BCUT2D eigenvalue weighted by Crippen LogP contribution is 2.42. The Morgan fingerprint density at radius 3 is 2.25 bits per heavy atom. The number of benzene rings is 1. The lowest BCUT2D eigenvalue weighted by atomic mass is 9.77. The molecule has 0 radical (unpaired) electrons. The Balaban J connectivity index is 1.64. The van der Waals surface area contributed by atoms with Crippen molar-refractivity contribution in [1.29, 1.82) is 5.41 Å². The lowest BCUT2D eigenvalue weighted by molar-refractivity contribution is -0.290. The van der Waals surface area contributed by atoms with E-state index in [1.807, 2.05) is 72.7 Å². The first kappa shape index (κ1) is 62.4. The number of methoxy groups -OCH3 is 2. The number of hydrogen-bond donors (Lipinski definition) is 6. The standard InChI is InChI=1S/C53H92FIN6O11/c1-16-42-53(11,65)48(62)35(7)60(13)28-30(2)25-51(9,64)49(32(4)45(33(5)50(63)70-42)71-44-26-52(10,67-15)47(55)36(8)69-44)72-43-24-40(23-31(3)68-43)59(12)22-21-39(57)29-61(58)41(27-54)46(66-14)38-19-17-37(18-20-38)34(6)56/h17-20,29-33,35-36,40-49,56,62,64-65H,16,21-28,57-58H2,1-15H3/b39-29-,56-34?/t30-,31-,32+,33-,35-,36+,40+,41-,42-,43+,44+,45+,46-,47?,48-,49-,51-,52-,53-/m1/s1. The number of ether oxygens (including phenoxy) is 7. The van der Waals surface area contributed by atoms with Crippen LogP contribution in [0.3, 0.4) is 0 Å². The van der Waals surface area contributed by atoms with Gasteiger partial charge in [0.25, 0.3) is 0 Å². The van der Waals surface area contributed by atoms with Crippen LogP contribution in [0.25, 0.3) is 0 Å². The van der Waals surface area contributed by atoms with Crippen molar-refractivity contribution in [3.05, 3.63) is 47.3 Å². The second-order valence-corrected chi connectivity index (χ2v) is 23.4. The van der Waals surface area contributed by atoms with Crippen molar-refractivity contribution in [2.75, 3.05) is 48.1 Å². The number of cyclic esters (lactones) is 1. The van der Waals surface area contributed by atoms with Gasteiger partial charge in [-0.1, -0.05) is 67.6 Å². The van der Waals surface area contributed by atoms with Gasteiger partial charge in [-0.15, -0.1) is 0 Å². The van der Waals surface area contributed by atoms with Crippen molar-refractivity contribution < 1.29 is 57.7 Å². The summed E-state index contributed by atoms with van der Waals surface area (Å²) in [7, 11) is 7.05. The van der Waals surface area contributed by atoms with Crippen molar-refractivity contribution in [2.24, 2.45) is 29.3 Å². The highest BCUT2D eigenvalue weighted by molar-refractivity contribution is 14.1. The molecule has 0 saturated carbocycles. The number of nitrogens with zero attached hydrogens (tertiary/aromatic N) is 3. The summed E-state index contributed by atoms with van der Waals surface area (Å²) in [4.78, 5) is 18.7. The number of halogens is 2. The fraction of sp³-hybridized carbons (Fsp3) is 0.811. The van der Waals surface area contributed by atoms with Gasteiger partial charge in [-0.25, -0.2) is 10.2 Å². The van der Waals surface area contributed by atoms with Crippen LogP contribution >= 0.6 is 22.6 Å². The molecule has 0 amide bonds. The molecule has 1 aromatic carbocycles. The molecular weight excluding hydrogens is 1040 g/mol. The van der Waals surface area contributed by atoms with E-state index in [0.717, 1.165) is 11.1 Å². The zero-order valence-electron chi connectivity index (χ0n) is 45.8. The van der Waals surface area contributed by atoms with Crippen LogP contribution < -0.4 is 11.6 Å². The third-order valence-corrected chi connectivity index (χ3v) is 18.2. The molecule has 0 aromatic heterocycles. The summed E-state index contributed by atoms with van der Waals surface area (Å²) in [6.45, 7) is 20.4. The smallest absolute Gasteiger partial charge is 0.311 e. The molecule has 3 fully saturated rings. The van der Waals surface area contributed by atoms with Crippen LogP contribution in [0.15, 0.2) is 36.2 Å². The Hall–Kier alpha value is -2.12. The molecule has 3 saturated heterocycles. The van der Waals surface area contributed by atoms with Gasteiger partial charge in [0, 0.05) is 82.2 Å². The second-order valence-electron chi connectivity index (χ2n) is 22.1. The Labute approximate surface area is 443 Å². The molecule has 72 heavy (non-hydrogen) atoms. The monoisotopic (exact) mass is 1130 g/mol. The SMILES string of the molecule is CC[C@H]1OC(=O)[C@H](C)[C@@H](O[C@H]2C[C@@](C)(OC)C(I)[C@H](C)O2)[C@H](C)[C@@H](O[C@H]2C[C@@H](N(C)CC/C(N)=C/N(N)[C@H](CF)[C@H](OC)c3ccc(C(C)=N)cc3)C[C@@H](C)O2)[C@](C)(O)C[C@@H](C)CN(C)[C@H](C)[C@@H](O)[C@]1(C)O. The summed E-state index contributed by atoms with van der Waals surface area (Å²) in [5.41, 5.74) is 4.98. The number of hydrazine groups is 1. The summed E-state index contributed by atoms with van der Waals surface area (Å²) >= 11 is 2.34. The molecule has 3 heterocycles. The van der Waals surface area contributed by atoms with Gasteiger partial charge < -0.3 is 74.4 Å². The van der Waals surface area contributed by atoms with Crippen LogP contribution in [-0.2, 0) is 38.0 Å². The third-order valence-electron chi connectivity index (χ3n) is 15.8. The van der Waals surface area contributed by atoms with Gasteiger partial charge in [0.05, 0.1) is 45.5 Å². The number of nitrogens with two attached hydrogens (primary N) is 2. The summed E-state index contributed by atoms with van der Waals surface area (Å²) < 4.78 is 59.6. The molecule has 1 unspecified atom stereocenters. The highest BCUT2D eigenvalue weighted by Gasteiger charge is 2.52. The molecule has 0 aliphatic carbocycles. The molecule has 3 aliphatic heterocycles. The van der Waals surface area contributed by atoms with Crippen molar-refractivity contribution >= 4 is 34.3 Å². The number of alkyl halides is 2. The molecule has 414 valence electrons. The van der Waals surface area contributed by atoms with Crippen molar-refractivity contribution in [3.8, 4) is 0 Å². The van der Waals surface area contributed by atoms with E-state index in [2.05, 4.69) is 27.5 Å². The molecule has 19 atom stereocenters. The Bertz CT molecular complexity index is 1900. The van der Waals surface area contributed by atoms with Crippen LogP contribution in [0, 0.1) is 23.2 Å². The zero-order chi connectivity index (χ0) is 54.2. The Morgan fingerprint density at radius 1 is 1.04 bits per heavy atom. The lowest BCUT2D eigenvalue weighted by Crippen LogP contribution is -2.59. The van der Waals surface area contributed by atoms with Crippen LogP contribution in [-0.4, -0.2) is 178 Å². The number of hydrogen-bond acceptors (Lipinski definition) is 17. The number of aliphatic hydroxyl groups is 3. The fourth-order valence-corrected chi connectivity index (χ4v) is 11.9. The van der Waals surface area contributed by atoms with E-state index < -0.39 is 96.5 Å². The number of esters is 1. The number of rotatable bonds is 17. The molecular formula is C53H92FIN6O11. The summed E-state index contributed by atoms with van der Waals surface area (Å²) in [5.74, 6) is 4.04. The zero-order valence-corrected chi connectivity index (χ0v) is 48.0. The minimum atomic E-state index is -1.80. The van der Waals surface area contributed by atoms with Crippen molar-refractivity contribution in [2.45, 2.75) is 209 Å². The summed E-state index contributed by atoms with van der Waals surface area (Å²) in [6, 6.07) is 5.80. The predicted molar refractivity (Wildman–Crippen MR) is 285 cm³/mol. The number of nitrogens with one attached hydrogen (secondary N) is 1. The molecule has 3 aliphatic rings. The Kier molecular flexibility index (Phi) is 23.2. The van der Waals surface area contributed by atoms with Crippen LogP contribution in [0.5, 0.6) is 0 Å². The van der Waals surface area contributed by atoms with E-state index in [1.165, 1.54) is 19.0 Å². The number of likely N-dealkylation sites (N-methyl/N-ethyl adjacent to an activating group) is 1. The van der Waals surface area contributed by atoms with Gasteiger partial charge in [-0.2, -0.15) is 0 Å². The molecule has 8 N–H and O–H groups in total. The highest BCUT2D eigenvalue weighted by atomic mass is 127. The van der Waals surface area contributed by atoms with E-state index in [0.29, 0.717) is 50.2 Å². The van der Waals surface area contributed by atoms with Crippen molar-refractivity contribution in [3.63, 3.8) is 0 Å². The molecule has 1 aromatic rings. The molecule has 0 spiro atoms. The summed E-state index contributed by atoms with van der Waals surface area (Å²) in [5, 5.41) is 45.6. The van der Waals surface area contributed by atoms with Gasteiger partial charge in [0.15, 0.2) is 12.6 Å². The molecule has 0 bridgehead atoms. The predicted octanol–water partition coefficient (Wildman–Crippen LogP) is 6.22. The normalized spacial score (nSPS) is 39.1. The van der Waals surface area contributed by atoms with Gasteiger partial charge in [0.1, 0.15) is 36.6 Å². The molecule has 19 heteroatoms. The van der Waals surface area contributed by atoms with Gasteiger partial charge in [0.2, 0.25) is 0 Å². The first-order valence-corrected chi connectivity index (χ1v) is 27.1. The molecule has 4 rings (SSSR count). The maximum absolute atomic E-state index is 14.7. The number of carbonyl (C=O) groups is 1. The van der Waals surface area contributed by atoms with E-state index in [4.69, 9.17) is 50.1 Å². The fourth-order valence-electron chi connectivity index (χ4n) is 11.2. The van der Waals surface area contributed by atoms with Gasteiger partial charge >= 0.3 is 5.97 Å². The van der Waals surface area contributed by atoms with E-state index in [9.17, 15) is 24.5 Å². The maximum atomic E-state index is 14.7. The minimum Gasteiger partial charge on any atom is -0.459 e. The first-order chi connectivity index (χ1) is 33.5. The van der Waals surface area contributed by atoms with Gasteiger partial charge in [-0.3, -0.25) is 4.79 Å². The van der Waals surface area contributed by atoms with Crippen LogP contribution in [0.2, 0.25) is 0 Å². The third kappa shape index (κ3) is 15.5. The number of carbonyl (C=O) groups excluding carboxylic acids is 1. The van der Waals surface area contributed by atoms with E-state index in [1.54, 1.807) is 53.1 Å². The largest absolute Gasteiger partial charge is 0.459 e. The van der Waals surface area contributed by atoms with Crippen molar-refractivity contribution in [1.82, 2.24) is 14.8 Å². The molecule has 17 nitrogen and oxygen atoms in total. The second kappa shape index (κ2) is 26.8. The minimum absolute atomic E-state index is 0.000235. The number of aliphatic hydroxyl groups excluding tert-OH is 1. The first-order valence-electron chi connectivity index (χ1n) is 25.8. The quantitative estimate of drug-likeness (QED) is 0.0254. The average molecular weight is 1140 g/mol. The average Bonchev–Trinajstić information content (AvgIpc) is 3.32. The summed E-state index contributed by atoms with van der Waals surface area (Å²) in [6.07, 6.45) is -3.04. The van der Waals surface area contributed by atoms with Gasteiger partial charge in [-0.05, 0) is 106 Å². The lowest BCUT2D eigenvalue weighted by Gasteiger charge is -2.48. The maximum Gasteiger partial charge on any atom is 0.311 e.